The van der Waals surface area contributed by atoms with Crippen molar-refractivity contribution in [3.63, 3.8) is 0 Å². The number of carboxylic acids is 1. The van der Waals surface area contributed by atoms with Crippen LogP contribution in [-0.2, 0) is 17.6 Å². The molecule has 7 nitrogen and oxygen atoms in total. The molecule has 0 aliphatic heterocycles. The van der Waals surface area contributed by atoms with Gasteiger partial charge in [-0.25, -0.2) is 14.4 Å². The van der Waals surface area contributed by atoms with Crippen LogP contribution in [0.5, 0.6) is 11.5 Å². The second kappa shape index (κ2) is 9.83. The van der Waals surface area contributed by atoms with Crippen LogP contribution in [0, 0.1) is 5.82 Å². The number of nitrogens with zero attached hydrogens (tertiary/aromatic N) is 2. The average Bonchev–Trinajstić information content (AvgIpc) is 3.28. The van der Waals surface area contributed by atoms with Gasteiger partial charge in [0.1, 0.15) is 17.9 Å². The van der Waals surface area contributed by atoms with E-state index in [1.165, 1.54) is 31.9 Å². The highest BCUT2D eigenvalue weighted by Gasteiger charge is 2.15. The molecule has 0 aliphatic carbocycles. The van der Waals surface area contributed by atoms with Crippen molar-refractivity contribution >= 4 is 33.2 Å². The van der Waals surface area contributed by atoms with E-state index in [0.29, 0.717) is 40.5 Å². The molecule has 0 atom stereocenters. The van der Waals surface area contributed by atoms with Crippen molar-refractivity contribution in [1.82, 2.24) is 9.97 Å². The van der Waals surface area contributed by atoms with Crippen molar-refractivity contribution < 1.29 is 23.8 Å². The lowest BCUT2D eigenvalue weighted by molar-refractivity contribution is -0.136. The molecule has 0 saturated heterocycles. The molecule has 4 rings (SSSR count). The van der Waals surface area contributed by atoms with Crippen molar-refractivity contribution in [2.45, 2.75) is 12.8 Å². The van der Waals surface area contributed by atoms with Crippen molar-refractivity contribution in [3.8, 4) is 22.8 Å². The Labute approximate surface area is 193 Å². The van der Waals surface area contributed by atoms with Gasteiger partial charge in [-0.3, -0.25) is 4.79 Å². The number of anilines is 1. The molecule has 0 saturated carbocycles. The summed E-state index contributed by atoms with van der Waals surface area (Å²) in [7, 11) is 2.98. The summed E-state index contributed by atoms with van der Waals surface area (Å²) in [6, 6.07) is 10.9. The predicted molar refractivity (Wildman–Crippen MR) is 126 cm³/mol. The third-order valence-corrected chi connectivity index (χ3v) is 6.13. The summed E-state index contributed by atoms with van der Waals surface area (Å²) >= 11 is 1.35. The lowest BCUT2D eigenvalue weighted by Crippen LogP contribution is -2.08. The van der Waals surface area contributed by atoms with Crippen LogP contribution in [0.1, 0.15) is 11.1 Å². The van der Waals surface area contributed by atoms with Gasteiger partial charge in [0.05, 0.1) is 31.0 Å². The van der Waals surface area contributed by atoms with Gasteiger partial charge in [0.25, 0.3) is 0 Å². The van der Waals surface area contributed by atoms with Gasteiger partial charge in [-0.05, 0) is 40.9 Å². The number of rotatable bonds is 9. The molecular weight excluding hydrogens is 445 g/mol. The summed E-state index contributed by atoms with van der Waals surface area (Å²) in [5.41, 5.74) is 2.81. The third-order valence-electron chi connectivity index (χ3n) is 5.21. The number of ether oxygens (including phenoxy) is 2. The van der Waals surface area contributed by atoms with E-state index in [1.807, 2.05) is 17.5 Å². The Morgan fingerprint density at radius 3 is 2.73 bits per heavy atom. The lowest BCUT2D eigenvalue weighted by Gasteiger charge is -2.12. The number of hydrogen-bond acceptors (Lipinski definition) is 7. The maximum Gasteiger partial charge on any atom is 0.307 e. The zero-order chi connectivity index (χ0) is 23.4. The Bertz CT molecular complexity index is 1310. The van der Waals surface area contributed by atoms with Crippen LogP contribution in [-0.4, -0.2) is 41.8 Å². The van der Waals surface area contributed by atoms with E-state index in [9.17, 15) is 9.18 Å². The number of carboxylic acid groups (broad SMARTS) is 1. The molecule has 0 amide bonds. The molecule has 0 fully saturated rings. The number of carbonyl (C=O) groups is 1. The summed E-state index contributed by atoms with van der Waals surface area (Å²) in [5.74, 6) is 0.114. The summed E-state index contributed by atoms with van der Waals surface area (Å²) in [5, 5.41) is 15.0. The summed E-state index contributed by atoms with van der Waals surface area (Å²) in [6.45, 7) is 0.517. The topological polar surface area (TPSA) is 93.6 Å². The van der Waals surface area contributed by atoms with Crippen molar-refractivity contribution in [1.29, 1.82) is 0 Å². The second-order valence-electron chi connectivity index (χ2n) is 7.28. The average molecular weight is 468 g/mol. The molecule has 2 aromatic carbocycles. The van der Waals surface area contributed by atoms with Crippen molar-refractivity contribution in [3.05, 3.63) is 65.0 Å². The Balaban J connectivity index is 1.49. The van der Waals surface area contributed by atoms with Gasteiger partial charge in [-0.15, -0.1) is 11.3 Å². The minimum absolute atomic E-state index is 0.124. The minimum Gasteiger partial charge on any atom is -0.496 e. The van der Waals surface area contributed by atoms with E-state index >= 15 is 0 Å². The molecule has 2 aromatic heterocycles. The molecule has 2 heterocycles. The van der Waals surface area contributed by atoms with Gasteiger partial charge < -0.3 is 19.9 Å². The molecular formula is C24H22FN3O4S. The zero-order valence-corrected chi connectivity index (χ0v) is 18.9. The first-order valence-corrected chi connectivity index (χ1v) is 11.1. The van der Waals surface area contributed by atoms with Crippen LogP contribution in [0.4, 0.5) is 10.2 Å². The zero-order valence-electron chi connectivity index (χ0n) is 18.1. The van der Waals surface area contributed by atoms with Crippen LogP contribution >= 0.6 is 11.3 Å². The van der Waals surface area contributed by atoms with Crippen LogP contribution in [0.2, 0.25) is 0 Å². The molecule has 2 N–H and O–H groups in total. The third kappa shape index (κ3) is 4.88. The Hall–Kier alpha value is -3.72. The Morgan fingerprint density at radius 1 is 1.12 bits per heavy atom. The van der Waals surface area contributed by atoms with E-state index in [4.69, 9.17) is 14.6 Å². The molecule has 33 heavy (non-hydrogen) atoms. The van der Waals surface area contributed by atoms with Crippen LogP contribution < -0.4 is 14.8 Å². The highest BCUT2D eigenvalue weighted by Crippen LogP contribution is 2.34. The van der Waals surface area contributed by atoms with Gasteiger partial charge in [-0.1, -0.05) is 12.1 Å². The molecule has 0 radical (unpaired) electrons. The predicted octanol–water partition coefficient (Wildman–Crippen LogP) is 4.80. The van der Waals surface area contributed by atoms with E-state index in [0.717, 1.165) is 16.5 Å². The number of halogens is 1. The van der Waals surface area contributed by atoms with Gasteiger partial charge in [0, 0.05) is 23.7 Å². The fraction of sp³-hybridized carbons (Fsp3) is 0.208. The molecule has 0 unspecified atom stereocenters. The fourth-order valence-corrected chi connectivity index (χ4v) is 4.47. The van der Waals surface area contributed by atoms with Crippen LogP contribution in [0.25, 0.3) is 21.3 Å². The van der Waals surface area contributed by atoms with Gasteiger partial charge in [0.15, 0.2) is 11.6 Å². The highest BCUT2D eigenvalue weighted by molar-refractivity contribution is 7.17. The SMILES string of the molecule is COc1cc(-c2cc(NCCc3cc4ccsc4c(F)c3OC)ncn2)ccc1CC(=O)O. The van der Waals surface area contributed by atoms with Gasteiger partial charge in [0.2, 0.25) is 0 Å². The summed E-state index contributed by atoms with van der Waals surface area (Å²) in [6.07, 6.45) is 1.87. The smallest absolute Gasteiger partial charge is 0.307 e. The van der Waals surface area contributed by atoms with Crippen molar-refractivity contribution in [2.24, 2.45) is 0 Å². The van der Waals surface area contributed by atoms with E-state index in [-0.39, 0.29) is 18.0 Å². The monoisotopic (exact) mass is 467 g/mol. The minimum atomic E-state index is -0.927. The van der Waals surface area contributed by atoms with Crippen LogP contribution in [0.15, 0.2) is 48.1 Å². The maximum absolute atomic E-state index is 14.7. The van der Waals surface area contributed by atoms with Gasteiger partial charge >= 0.3 is 5.97 Å². The molecule has 170 valence electrons. The molecule has 4 aromatic rings. The first kappa shape index (κ1) is 22.5. The summed E-state index contributed by atoms with van der Waals surface area (Å²) < 4.78 is 26.0. The Morgan fingerprint density at radius 2 is 1.97 bits per heavy atom. The standard InChI is InChI=1S/C24H22FN3O4S/c1-31-19-10-14(3-4-15(19)11-21(29)30)18-12-20(28-13-27-18)26-7-5-16-9-17-6-8-33-24(17)22(25)23(16)32-2/h3-4,6,8-10,12-13H,5,7,11H2,1-2H3,(H,29,30)(H,26,27,28). The fourth-order valence-electron chi connectivity index (χ4n) is 3.66. The first-order chi connectivity index (χ1) is 16.0. The number of methoxy groups -OCH3 is 2. The maximum atomic E-state index is 14.7. The Kier molecular flexibility index (Phi) is 6.69. The number of aliphatic carboxylic acids is 1. The highest BCUT2D eigenvalue weighted by atomic mass is 32.1. The normalized spacial score (nSPS) is 10.9. The number of fused-ring (bicyclic) bond motifs is 1. The van der Waals surface area contributed by atoms with Crippen LogP contribution in [0.3, 0.4) is 0 Å². The summed E-state index contributed by atoms with van der Waals surface area (Å²) in [4.78, 5) is 19.6. The van der Waals surface area contributed by atoms with E-state index < -0.39 is 5.97 Å². The van der Waals surface area contributed by atoms with E-state index in [2.05, 4.69) is 15.3 Å². The van der Waals surface area contributed by atoms with Crippen molar-refractivity contribution in [2.75, 3.05) is 26.1 Å². The number of aromatic nitrogens is 2. The quantitative estimate of drug-likeness (QED) is 0.365. The lowest BCUT2D eigenvalue weighted by atomic mass is 10.1. The molecule has 0 spiro atoms. The number of hydrogen-bond donors (Lipinski definition) is 2. The number of nitrogens with one attached hydrogen (secondary N) is 1. The molecule has 0 bridgehead atoms. The van der Waals surface area contributed by atoms with E-state index in [1.54, 1.807) is 24.3 Å². The second-order valence-corrected chi connectivity index (χ2v) is 8.20. The largest absolute Gasteiger partial charge is 0.496 e. The number of benzene rings is 2. The molecule has 9 heteroatoms. The number of thiophene rings is 1. The first-order valence-electron chi connectivity index (χ1n) is 10.2. The van der Waals surface area contributed by atoms with Gasteiger partial charge in [-0.2, -0.15) is 0 Å². The molecule has 0 aliphatic rings.